The molecule has 132 valence electrons. The molecule has 1 aromatic rings. The zero-order valence-corrected chi connectivity index (χ0v) is 13.8. The molecule has 25 heavy (non-hydrogen) atoms. The predicted molar refractivity (Wildman–Crippen MR) is 88.0 cm³/mol. The van der Waals surface area contributed by atoms with Gasteiger partial charge in [-0.2, -0.15) is 0 Å². The van der Waals surface area contributed by atoms with Crippen LogP contribution in [-0.2, 0) is 21.0 Å². The summed E-state index contributed by atoms with van der Waals surface area (Å²) in [6.45, 7) is 0.254. The number of ether oxygens (including phenoxy) is 1. The summed E-state index contributed by atoms with van der Waals surface area (Å²) < 4.78 is 5.48. The summed E-state index contributed by atoms with van der Waals surface area (Å²) in [6, 6.07) is 9.62. The molecular weight excluding hydrogens is 324 g/mol. The third kappa shape index (κ3) is 2.94. The topological polar surface area (TPSA) is 88.4 Å². The number of rotatable bonds is 3. The van der Waals surface area contributed by atoms with Crippen molar-refractivity contribution in [3.8, 4) is 0 Å². The summed E-state index contributed by atoms with van der Waals surface area (Å²) in [6.07, 6.45) is 2.98. The Hall–Kier alpha value is -2.57. The Labute approximate surface area is 145 Å². The first-order valence-corrected chi connectivity index (χ1v) is 8.54. The van der Waals surface area contributed by atoms with Crippen LogP contribution in [0, 0.1) is 0 Å². The summed E-state index contributed by atoms with van der Waals surface area (Å²) in [5.41, 5.74) is 0.449. The number of oxime groups is 1. The molecular formula is C18H20N2O5. The van der Waals surface area contributed by atoms with E-state index < -0.39 is 11.6 Å². The molecule has 2 atom stereocenters. The fraction of sp³-hybridized carbons (Fsp3) is 0.500. The average molecular weight is 344 g/mol. The molecule has 2 unspecified atom stereocenters. The Morgan fingerprint density at radius 1 is 1.24 bits per heavy atom. The van der Waals surface area contributed by atoms with Crippen molar-refractivity contribution in [2.24, 2.45) is 5.16 Å². The minimum absolute atomic E-state index is 0.0189. The summed E-state index contributed by atoms with van der Waals surface area (Å²) in [7, 11) is 0. The van der Waals surface area contributed by atoms with Gasteiger partial charge in [-0.05, 0) is 18.4 Å². The van der Waals surface area contributed by atoms with Crippen LogP contribution in [0.15, 0.2) is 35.5 Å². The quantitative estimate of drug-likeness (QED) is 0.910. The van der Waals surface area contributed by atoms with Crippen LogP contribution in [0.3, 0.4) is 0 Å². The highest BCUT2D eigenvalue weighted by atomic mass is 16.7. The van der Waals surface area contributed by atoms with Gasteiger partial charge in [0.25, 0.3) is 0 Å². The van der Waals surface area contributed by atoms with Gasteiger partial charge in [-0.1, -0.05) is 35.5 Å². The van der Waals surface area contributed by atoms with Crippen LogP contribution < -0.4 is 0 Å². The summed E-state index contributed by atoms with van der Waals surface area (Å²) in [5.74, 6) is -1.03. The molecule has 1 aromatic carbocycles. The van der Waals surface area contributed by atoms with Crippen LogP contribution in [0.1, 0.15) is 37.7 Å². The van der Waals surface area contributed by atoms with Crippen LogP contribution in [0.4, 0.5) is 4.79 Å². The Balaban J connectivity index is 1.39. The van der Waals surface area contributed by atoms with Crippen molar-refractivity contribution in [3.63, 3.8) is 0 Å². The number of carboxylic acid groups (broad SMARTS) is 1. The van der Waals surface area contributed by atoms with E-state index in [4.69, 9.17) is 14.7 Å². The first kappa shape index (κ1) is 15.9. The van der Waals surface area contributed by atoms with Crippen molar-refractivity contribution in [1.82, 2.24) is 4.90 Å². The average Bonchev–Trinajstić information content (AvgIpc) is 3.13. The maximum absolute atomic E-state index is 12.5. The van der Waals surface area contributed by atoms with Gasteiger partial charge in [0, 0.05) is 31.3 Å². The Bertz CT molecular complexity index is 703. The normalized spacial score (nSPS) is 30.1. The number of hydrogen-bond acceptors (Lipinski definition) is 5. The van der Waals surface area contributed by atoms with Gasteiger partial charge in [0.15, 0.2) is 5.71 Å². The van der Waals surface area contributed by atoms with E-state index in [1.807, 2.05) is 35.2 Å². The lowest BCUT2D eigenvalue weighted by molar-refractivity contribution is -0.129. The molecule has 1 spiro atoms. The van der Waals surface area contributed by atoms with Crippen molar-refractivity contribution < 1.29 is 24.3 Å². The van der Waals surface area contributed by atoms with E-state index in [2.05, 4.69) is 5.16 Å². The predicted octanol–water partition coefficient (Wildman–Crippen LogP) is 2.55. The van der Waals surface area contributed by atoms with Gasteiger partial charge in [-0.3, -0.25) is 0 Å². The summed E-state index contributed by atoms with van der Waals surface area (Å²) in [4.78, 5) is 31.0. The van der Waals surface area contributed by atoms with Gasteiger partial charge in [0.1, 0.15) is 12.2 Å². The second kappa shape index (κ2) is 6.06. The van der Waals surface area contributed by atoms with Crippen molar-refractivity contribution in [1.29, 1.82) is 0 Å². The number of carboxylic acids is 1. The molecule has 4 rings (SSSR count). The van der Waals surface area contributed by atoms with Gasteiger partial charge in [-0.25, -0.2) is 9.59 Å². The van der Waals surface area contributed by atoms with E-state index in [0.29, 0.717) is 19.3 Å². The number of amides is 1. The number of piperidine rings is 1. The SMILES string of the molecule is O=C(O)C1=NOC2(C1)CC1CCC(C2)N1C(=O)OCc1ccccc1. The van der Waals surface area contributed by atoms with Gasteiger partial charge in [0.2, 0.25) is 0 Å². The van der Waals surface area contributed by atoms with Gasteiger partial charge >= 0.3 is 12.1 Å². The number of carbonyl (C=O) groups excluding carboxylic acids is 1. The van der Waals surface area contributed by atoms with Crippen molar-refractivity contribution in [3.05, 3.63) is 35.9 Å². The Morgan fingerprint density at radius 3 is 2.52 bits per heavy atom. The molecule has 0 saturated carbocycles. The number of nitrogens with zero attached hydrogens (tertiary/aromatic N) is 2. The lowest BCUT2D eigenvalue weighted by Crippen LogP contribution is -2.53. The molecule has 2 bridgehead atoms. The van der Waals surface area contributed by atoms with E-state index in [0.717, 1.165) is 18.4 Å². The molecule has 2 fully saturated rings. The zero-order valence-electron chi connectivity index (χ0n) is 13.8. The molecule has 2 saturated heterocycles. The van der Waals surface area contributed by atoms with E-state index in [9.17, 15) is 9.59 Å². The lowest BCUT2D eigenvalue weighted by Gasteiger charge is -2.42. The Morgan fingerprint density at radius 2 is 1.92 bits per heavy atom. The highest BCUT2D eigenvalue weighted by Gasteiger charge is 2.55. The number of carbonyl (C=O) groups is 2. The molecule has 7 nitrogen and oxygen atoms in total. The maximum Gasteiger partial charge on any atom is 0.410 e. The van der Waals surface area contributed by atoms with Crippen LogP contribution in [0.5, 0.6) is 0 Å². The lowest BCUT2D eigenvalue weighted by atomic mass is 9.82. The highest BCUT2D eigenvalue weighted by molar-refractivity contribution is 6.36. The molecule has 0 radical (unpaired) electrons. The molecule has 1 N–H and O–H groups in total. The third-order valence-electron chi connectivity index (χ3n) is 5.34. The van der Waals surface area contributed by atoms with Crippen molar-refractivity contribution >= 4 is 17.8 Å². The first-order chi connectivity index (χ1) is 12.1. The van der Waals surface area contributed by atoms with Crippen molar-refractivity contribution in [2.75, 3.05) is 0 Å². The van der Waals surface area contributed by atoms with E-state index in [1.165, 1.54) is 0 Å². The summed E-state index contributed by atoms with van der Waals surface area (Å²) in [5, 5.41) is 12.8. The molecule has 0 aromatic heterocycles. The molecule has 3 heterocycles. The van der Waals surface area contributed by atoms with Crippen LogP contribution >= 0.6 is 0 Å². The smallest absolute Gasteiger partial charge is 0.410 e. The van der Waals surface area contributed by atoms with Crippen LogP contribution in [0.2, 0.25) is 0 Å². The maximum atomic E-state index is 12.5. The minimum atomic E-state index is -1.03. The highest BCUT2D eigenvalue weighted by Crippen LogP contribution is 2.46. The van der Waals surface area contributed by atoms with Gasteiger partial charge in [-0.15, -0.1) is 0 Å². The molecule has 3 aliphatic heterocycles. The molecule has 1 amide bonds. The molecule has 7 heteroatoms. The second-order valence-corrected chi connectivity index (χ2v) is 7.03. The fourth-order valence-electron chi connectivity index (χ4n) is 4.25. The Kier molecular flexibility index (Phi) is 3.86. The fourth-order valence-corrected chi connectivity index (χ4v) is 4.25. The van der Waals surface area contributed by atoms with Gasteiger partial charge < -0.3 is 19.6 Å². The van der Waals surface area contributed by atoms with Crippen molar-refractivity contribution in [2.45, 2.75) is 56.4 Å². The number of aliphatic carboxylic acids is 1. The van der Waals surface area contributed by atoms with Crippen LogP contribution in [0.25, 0.3) is 0 Å². The van der Waals surface area contributed by atoms with Gasteiger partial charge in [0.05, 0.1) is 0 Å². The minimum Gasteiger partial charge on any atom is -0.477 e. The molecule has 3 aliphatic rings. The summed E-state index contributed by atoms with van der Waals surface area (Å²) >= 11 is 0. The monoisotopic (exact) mass is 344 g/mol. The van der Waals surface area contributed by atoms with Crippen LogP contribution in [-0.4, -0.2) is 45.5 Å². The third-order valence-corrected chi connectivity index (χ3v) is 5.34. The van der Waals surface area contributed by atoms with E-state index in [1.54, 1.807) is 0 Å². The molecule has 0 aliphatic carbocycles. The number of benzene rings is 1. The standard InChI is InChI=1S/C18H20N2O5/c21-16(22)15-10-18(25-19-15)8-13-6-7-14(9-18)20(13)17(23)24-11-12-4-2-1-3-5-12/h1-5,13-14H,6-11H2,(H,21,22). The first-order valence-electron chi connectivity index (χ1n) is 8.54. The number of hydrogen-bond donors (Lipinski definition) is 1. The second-order valence-electron chi connectivity index (χ2n) is 7.03. The van der Waals surface area contributed by atoms with E-state index in [-0.39, 0.29) is 30.5 Å². The largest absolute Gasteiger partial charge is 0.477 e. The zero-order chi connectivity index (χ0) is 17.4. The number of fused-ring (bicyclic) bond motifs is 2. The van der Waals surface area contributed by atoms with E-state index >= 15 is 0 Å².